The zero-order chi connectivity index (χ0) is 8.81. The zero-order valence-corrected chi connectivity index (χ0v) is 7.51. The minimum absolute atomic E-state index is 0.186. The largest absolute Gasteiger partial charge is 0.327 e. The molecule has 0 aromatic carbocycles. The first-order valence-corrected chi connectivity index (χ1v) is 4.40. The molecule has 1 atom stereocenters. The first-order chi connectivity index (χ1) is 5.79. The highest BCUT2D eigenvalue weighted by Crippen LogP contribution is 2.07. The maximum atomic E-state index is 5.57. The second-order valence-corrected chi connectivity index (χ2v) is 3.12. The monoisotopic (exact) mass is 161 g/mol. The van der Waals surface area contributed by atoms with E-state index in [0.29, 0.717) is 0 Å². The predicted octanol–water partition coefficient (Wildman–Crippen LogP) is 2.00. The van der Waals surface area contributed by atoms with Crippen LogP contribution in [0.4, 0.5) is 0 Å². The highest BCUT2D eigenvalue weighted by Gasteiger charge is 1.92. The van der Waals surface area contributed by atoms with Crippen LogP contribution in [0, 0.1) is 11.8 Å². The van der Waals surface area contributed by atoms with Crippen LogP contribution in [0.15, 0.2) is 23.8 Å². The van der Waals surface area contributed by atoms with Crippen LogP contribution in [0.2, 0.25) is 0 Å². The van der Waals surface area contributed by atoms with Gasteiger partial charge in [-0.15, -0.1) is 0 Å². The summed E-state index contributed by atoms with van der Waals surface area (Å²) in [5.41, 5.74) is 6.71. The van der Waals surface area contributed by atoms with Gasteiger partial charge in [0.1, 0.15) is 0 Å². The molecule has 1 aliphatic carbocycles. The molecule has 1 heteroatoms. The number of nitrogens with two attached hydrogens (primary N) is 1. The van der Waals surface area contributed by atoms with Crippen molar-refractivity contribution in [3.05, 3.63) is 23.8 Å². The van der Waals surface area contributed by atoms with E-state index in [-0.39, 0.29) is 6.04 Å². The van der Waals surface area contributed by atoms with Gasteiger partial charge in [0.05, 0.1) is 0 Å². The summed E-state index contributed by atoms with van der Waals surface area (Å²) >= 11 is 0. The summed E-state index contributed by atoms with van der Waals surface area (Å²) in [5.74, 6) is 6.16. The first-order valence-electron chi connectivity index (χ1n) is 4.40. The Bertz CT molecular complexity index is 248. The van der Waals surface area contributed by atoms with Gasteiger partial charge < -0.3 is 5.73 Å². The fourth-order valence-electron chi connectivity index (χ4n) is 1.02. The van der Waals surface area contributed by atoms with E-state index in [2.05, 4.69) is 30.1 Å². The Kier molecular flexibility index (Phi) is 3.63. The van der Waals surface area contributed by atoms with E-state index in [4.69, 9.17) is 5.73 Å². The maximum Gasteiger partial charge on any atom is 0.0242 e. The molecule has 0 aliphatic heterocycles. The summed E-state index contributed by atoms with van der Waals surface area (Å²) in [6.45, 7) is 1.97. The molecule has 2 N–H and O–H groups in total. The van der Waals surface area contributed by atoms with Gasteiger partial charge in [-0.3, -0.25) is 0 Å². The van der Waals surface area contributed by atoms with E-state index < -0.39 is 0 Å². The highest BCUT2D eigenvalue weighted by atomic mass is 14.6. The van der Waals surface area contributed by atoms with Crippen LogP contribution in [0.1, 0.15) is 26.2 Å². The summed E-state index contributed by atoms with van der Waals surface area (Å²) in [6.07, 6.45) is 9.48. The Hall–Kier alpha value is -1.00. The number of hydrogen-bond donors (Lipinski definition) is 1. The van der Waals surface area contributed by atoms with Crippen molar-refractivity contribution in [3.63, 3.8) is 0 Å². The van der Waals surface area contributed by atoms with E-state index in [1.54, 1.807) is 0 Å². The van der Waals surface area contributed by atoms with Gasteiger partial charge in [-0.05, 0) is 19.8 Å². The third-order valence-corrected chi connectivity index (χ3v) is 1.65. The van der Waals surface area contributed by atoms with E-state index in [9.17, 15) is 0 Å². The van der Waals surface area contributed by atoms with Crippen LogP contribution < -0.4 is 5.73 Å². The summed E-state index contributed by atoms with van der Waals surface area (Å²) < 4.78 is 0. The van der Waals surface area contributed by atoms with E-state index in [1.807, 2.05) is 6.92 Å². The second-order valence-electron chi connectivity index (χ2n) is 3.12. The zero-order valence-electron chi connectivity index (χ0n) is 7.51. The van der Waals surface area contributed by atoms with Crippen molar-refractivity contribution in [2.24, 2.45) is 5.73 Å². The maximum absolute atomic E-state index is 5.57. The molecule has 0 saturated heterocycles. The van der Waals surface area contributed by atoms with Crippen molar-refractivity contribution in [2.45, 2.75) is 32.2 Å². The molecule has 0 heterocycles. The van der Waals surface area contributed by atoms with Crippen molar-refractivity contribution < 1.29 is 0 Å². The van der Waals surface area contributed by atoms with E-state index >= 15 is 0 Å². The van der Waals surface area contributed by atoms with Gasteiger partial charge in [0.15, 0.2) is 0 Å². The fourth-order valence-corrected chi connectivity index (χ4v) is 1.02. The summed E-state index contributed by atoms with van der Waals surface area (Å²) in [5, 5.41) is 0. The number of rotatable bonds is 1. The Morgan fingerprint density at radius 3 is 3.00 bits per heavy atom. The van der Waals surface area contributed by atoms with Crippen LogP contribution in [-0.2, 0) is 0 Å². The predicted molar refractivity (Wildman–Crippen MR) is 52.5 cm³/mol. The molecular formula is C11H15N. The van der Waals surface area contributed by atoms with Crippen LogP contribution in [0.3, 0.4) is 0 Å². The quantitative estimate of drug-likeness (QED) is 0.585. The third kappa shape index (κ3) is 3.41. The van der Waals surface area contributed by atoms with Gasteiger partial charge in [0, 0.05) is 18.0 Å². The Labute approximate surface area is 74.3 Å². The molecule has 12 heavy (non-hydrogen) atoms. The Morgan fingerprint density at radius 1 is 1.58 bits per heavy atom. The number of allylic oxidation sites excluding steroid dienone is 4. The molecule has 1 unspecified atom stereocenters. The molecule has 1 rings (SSSR count). The summed E-state index contributed by atoms with van der Waals surface area (Å²) in [4.78, 5) is 0. The van der Waals surface area contributed by atoms with Gasteiger partial charge in [0.2, 0.25) is 0 Å². The first kappa shape index (κ1) is 9.09. The van der Waals surface area contributed by atoms with E-state index in [0.717, 1.165) is 24.8 Å². The van der Waals surface area contributed by atoms with Crippen LogP contribution in [0.5, 0.6) is 0 Å². The Morgan fingerprint density at radius 2 is 2.42 bits per heavy atom. The molecule has 0 spiro atoms. The lowest BCUT2D eigenvalue weighted by Gasteiger charge is -1.98. The van der Waals surface area contributed by atoms with Crippen LogP contribution in [0.25, 0.3) is 0 Å². The van der Waals surface area contributed by atoms with E-state index in [1.165, 1.54) is 0 Å². The van der Waals surface area contributed by atoms with Gasteiger partial charge >= 0.3 is 0 Å². The molecule has 0 saturated carbocycles. The Balaban J connectivity index is 2.42. The topological polar surface area (TPSA) is 26.0 Å². The fraction of sp³-hybridized carbons (Fsp3) is 0.455. The smallest absolute Gasteiger partial charge is 0.0242 e. The van der Waals surface area contributed by atoms with Gasteiger partial charge in [-0.1, -0.05) is 30.1 Å². The summed E-state index contributed by atoms with van der Waals surface area (Å²) in [7, 11) is 0. The lowest BCUT2D eigenvalue weighted by Crippen LogP contribution is -2.12. The minimum Gasteiger partial charge on any atom is -0.327 e. The third-order valence-electron chi connectivity index (χ3n) is 1.65. The van der Waals surface area contributed by atoms with Crippen molar-refractivity contribution >= 4 is 0 Å². The molecule has 0 aromatic rings. The molecule has 0 aromatic heterocycles. The molecule has 64 valence electrons. The normalized spacial score (nSPS) is 17.7. The van der Waals surface area contributed by atoms with Crippen molar-refractivity contribution in [1.29, 1.82) is 0 Å². The molecular weight excluding hydrogens is 146 g/mol. The van der Waals surface area contributed by atoms with Gasteiger partial charge in [0.25, 0.3) is 0 Å². The highest BCUT2D eigenvalue weighted by molar-refractivity contribution is 5.39. The standard InChI is InChI=1S/C11H15N/c1-10(12)6-5-9-11-7-3-2-4-8-11/h3,7-8,10H,2,4,6,12H2,1H3. The SMILES string of the molecule is CC(N)CC#CC1=CCCC=C1. The molecule has 1 nitrogen and oxygen atoms in total. The van der Waals surface area contributed by atoms with Crippen LogP contribution >= 0.6 is 0 Å². The van der Waals surface area contributed by atoms with Crippen molar-refractivity contribution in [3.8, 4) is 11.8 Å². The van der Waals surface area contributed by atoms with Crippen LogP contribution in [-0.4, -0.2) is 6.04 Å². The lowest BCUT2D eigenvalue weighted by atomic mass is 10.1. The number of hydrogen-bond acceptors (Lipinski definition) is 1. The molecule has 1 aliphatic rings. The van der Waals surface area contributed by atoms with Crippen molar-refractivity contribution in [2.75, 3.05) is 0 Å². The molecule has 0 bridgehead atoms. The van der Waals surface area contributed by atoms with Gasteiger partial charge in [-0.25, -0.2) is 0 Å². The minimum atomic E-state index is 0.186. The molecule has 0 radical (unpaired) electrons. The average molecular weight is 161 g/mol. The van der Waals surface area contributed by atoms with Crippen molar-refractivity contribution in [1.82, 2.24) is 0 Å². The second kappa shape index (κ2) is 4.79. The molecule has 0 amide bonds. The summed E-state index contributed by atoms with van der Waals surface area (Å²) in [6, 6.07) is 0.186. The van der Waals surface area contributed by atoms with Gasteiger partial charge in [-0.2, -0.15) is 0 Å². The average Bonchev–Trinajstić information content (AvgIpc) is 2.05. The molecule has 0 fully saturated rings. The lowest BCUT2D eigenvalue weighted by molar-refractivity contribution is 0.771.